The second kappa shape index (κ2) is 8.50. The first kappa shape index (κ1) is 21.3. The van der Waals surface area contributed by atoms with Gasteiger partial charge in [-0.15, -0.1) is 0 Å². The van der Waals surface area contributed by atoms with Crippen molar-refractivity contribution in [2.24, 2.45) is 0 Å². The summed E-state index contributed by atoms with van der Waals surface area (Å²) in [5.41, 5.74) is -1.43. The summed E-state index contributed by atoms with van der Waals surface area (Å²) in [7, 11) is 0. The van der Waals surface area contributed by atoms with Gasteiger partial charge in [0.15, 0.2) is 0 Å². The van der Waals surface area contributed by atoms with Crippen LogP contribution in [0.2, 0.25) is 5.02 Å². The summed E-state index contributed by atoms with van der Waals surface area (Å²) in [6.07, 6.45) is -3.80. The summed E-state index contributed by atoms with van der Waals surface area (Å²) in [6, 6.07) is 4.10. The van der Waals surface area contributed by atoms with Gasteiger partial charge in [0.2, 0.25) is 5.91 Å². The molecule has 0 atom stereocenters. The third-order valence-electron chi connectivity index (χ3n) is 4.42. The molecule has 0 unspecified atom stereocenters. The number of para-hydroxylation sites is 1. The predicted molar refractivity (Wildman–Crippen MR) is 97.9 cm³/mol. The summed E-state index contributed by atoms with van der Waals surface area (Å²) in [4.78, 5) is 19.4. The van der Waals surface area contributed by atoms with Crippen molar-refractivity contribution in [1.29, 1.82) is 0 Å². The minimum atomic E-state index is -4.53. The summed E-state index contributed by atoms with van der Waals surface area (Å²) >= 11 is 5.96. The van der Waals surface area contributed by atoms with Crippen molar-refractivity contribution in [2.75, 3.05) is 42.9 Å². The Kier molecular flexibility index (Phi) is 6.23. The molecular formula is C18H16ClF5N4O. The Morgan fingerprint density at radius 3 is 2.31 bits per heavy atom. The van der Waals surface area contributed by atoms with E-state index in [1.807, 2.05) is 0 Å². The zero-order valence-corrected chi connectivity index (χ0v) is 15.7. The van der Waals surface area contributed by atoms with Gasteiger partial charge in [-0.1, -0.05) is 17.7 Å². The lowest BCUT2D eigenvalue weighted by molar-refractivity contribution is -0.137. The molecule has 29 heavy (non-hydrogen) atoms. The van der Waals surface area contributed by atoms with E-state index in [2.05, 4.69) is 10.3 Å². The first-order valence-electron chi connectivity index (χ1n) is 8.59. The Bertz CT molecular complexity index is 880. The van der Waals surface area contributed by atoms with Gasteiger partial charge in [0.25, 0.3) is 0 Å². The molecule has 156 valence electrons. The zero-order chi connectivity index (χ0) is 21.2. The smallest absolute Gasteiger partial charge is 0.353 e. The highest BCUT2D eigenvalue weighted by Gasteiger charge is 2.32. The molecule has 0 bridgehead atoms. The van der Waals surface area contributed by atoms with E-state index in [0.717, 1.165) is 24.4 Å². The number of hydrogen-bond acceptors (Lipinski definition) is 4. The van der Waals surface area contributed by atoms with Crippen LogP contribution < -0.4 is 10.2 Å². The molecule has 1 aromatic heterocycles. The van der Waals surface area contributed by atoms with E-state index >= 15 is 0 Å². The van der Waals surface area contributed by atoms with Crippen molar-refractivity contribution < 1.29 is 26.7 Å². The molecule has 5 nitrogen and oxygen atoms in total. The highest BCUT2D eigenvalue weighted by molar-refractivity contribution is 6.33. The number of anilines is 2. The summed E-state index contributed by atoms with van der Waals surface area (Å²) < 4.78 is 65.4. The van der Waals surface area contributed by atoms with Crippen LogP contribution in [0.15, 0.2) is 30.5 Å². The van der Waals surface area contributed by atoms with Crippen LogP contribution in [0.5, 0.6) is 0 Å². The number of nitrogens with zero attached hydrogens (tertiary/aromatic N) is 3. The number of aromatic nitrogens is 1. The molecule has 2 aromatic rings. The normalized spacial score (nSPS) is 15.4. The van der Waals surface area contributed by atoms with Gasteiger partial charge in [-0.2, -0.15) is 13.2 Å². The van der Waals surface area contributed by atoms with Crippen LogP contribution in [-0.2, 0) is 11.0 Å². The van der Waals surface area contributed by atoms with Crippen LogP contribution in [0.25, 0.3) is 0 Å². The van der Waals surface area contributed by atoms with Gasteiger partial charge in [0.05, 0.1) is 17.1 Å². The molecule has 0 radical (unpaired) electrons. The van der Waals surface area contributed by atoms with E-state index in [1.54, 1.807) is 9.80 Å². The minimum absolute atomic E-state index is 0.0875. The van der Waals surface area contributed by atoms with E-state index in [1.165, 1.54) is 6.07 Å². The lowest BCUT2D eigenvalue weighted by Crippen LogP contribution is -2.49. The zero-order valence-electron chi connectivity index (χ0n) is 14.9. The number of rotatable bonds is 4. The number of pyridine rings is 1. The number of halogens is 6. The third kappa shape index (κ3) is 5.13. The molecule has 3 rings (SSSR count). The lowest BCUT2D eigenvalue weighted by atomic mass is 10.2. The number of amides is 1. The van der Waals surface area contributed by atoms with E-state index in [-0.39, 0.29) is 17.4 Å². The Balaban J connectivity index is 1.56. The molecule has 1 aliphatic heterocycles. The summed E-state index contributed by atoms with van der Waals surface area (Å²) in [5.74, 6) is -2.08. The van der Waals surface area contributed by atoms with Crippen LogP contribution in [0, 0.1) is 11.6 Å². The molecular weight excluding hydrogens is 419 g/mol. The second-order valence-electron chi connectivity index (χ2n) is 6.44. The number of alkyl halides is 3. The van der Waals surface area contributed by atoms with Gasteiger partial charge in [-0.05, 0) is 18.2 Å². The molecule has 2 heterocycles. The fourth-order valence-corrected chi connectivity index (χ4v) is 3.22. The van der Waals surface area contributed by atoms with Crippen LogP contribution in [0.1, 0.15) is 5.56 Å². The topological polar surface area (TPSA) is 48.5 Å². The highest BCUT2D eigenvalue weighted by Crippen LogP contribution is 2.33. The quantitative estimate of drug-likeness (QED) is 0.744. The van der Waals surface area contributed by atoms with Crippen molar-refractivity contribution >= 4 is 29.0 Å². The maximum absolute atomic E-state index is 13.6. The molecule has 0 saturated carbocycles. The molecule has 1 aromatic carbocycles. The third-order valence-corrected chi connectivity index (χ3v) is 4.69. The standard InChI is InChI=1S/C18H16ClF5N4O/c19-12-8-11(18(22,23)24)9-25-17(12)28-6-4-27(5-7-28)10-15(29)26-16-13(20)2-1-3-14(16)21/h1-3,8-9H,4-7,10H2,(H,26,29). The van der Waals surface area contributed by atoms with Crippen LogP contribution >= 0.6 is 11.6 Å². The Labute approximate surface area is 168 Å². The lowest BCUT2D eigenvalue weighted by Gasteiger charge is -2.35. The van der Waals surface area contributed by atoms with E-state index in [4.69, 9.17) is 11.6 Å². The van der Waals surface area contributed by atoms with Crippen LogP contribution in [-0.4, -0.2) is 48.5 Å². The number of piperazine rings is 1. The van der Waals surface area contributed by atoms with Crippen molar-refractivity contribution in [1.82, 2.24) is 9.88 Å². The first-order valence-corrected chi connectivity index (χ1v) is 8.97. The number of nitrogens with one attached hydrogen (secondary N) is 1. The Morgan fingerprint density at radius 1 is 1.14 bits per heavy atom. The average Bonchev–Trinajstić information content (AvgIpc) is 2.65. The van der Waals surface area contributed by atoms with Gasteiger partial charge < -0.3 is 10.2 Å². The van der Waals surface area contributed by atoms with Crippen molar-refractivity contribution in [2.45, 2.75) is 6.18 Å². The van der Waals surface area contributed by atoms with Crippen molar-refractivity contribution in [3.05, 3.63) is 52.7 Å². The maximum Gasteiger partial charge on any atom is 0.417 e. The predicted octanol–water partition coefficient (Wildman–Crippen LogP) is 3.79. The fraction of sp³-hybridized carbons (Fsp3) is 0.333. The first-order chi connectivity index (χ1) is 13.6. The molecule has 0 spiro atoms. The van der Waals surface area contributed by atoms with Gasteiger partial charge in [0, 0.05) is 32.4 Å². The molecule has 1 fully saturated rings. The Hall–Kier alpha value is -2.46. The fourth-order valence-electron chi connectivity index (χ4n) is 2.94. The van der Waals surface area contributed by atoms with E-state index < -0.39 is 35.0 Å². The molecule has 1 saturated heterocycles. The SMILES string of the molecule is O=C(CN1CCN(c2ncc(C(F)(F)F)cc2Cl)CC1)Nc1c(F)cccc1F. The van der Waals surface area contributed by atoms with E-state index in [9.17, 15) is 26.7 Å². The number of hydrogen-bond donors (Lipinski definition) is 1. The molecule has 1 aliphatic rings. The number of carbonyl (C=O) groups excluding carboxylic acids is 1. The van der Waals surface area contributed by atoms with Crippen LogP contribution in [0.4, 0.5) is 33.5 Å². The molecule has 0 aliphatic carbocycles. The summed E-state index contributed by atoms with van der Waals surface area (Å²) in [5, 5.41) is 2.10. The Morgan fingerprint density at radius 2 is 1.76 bits per heavy atom. The van der Waals surface area contributed by atoms with Crippen molar-refractivity contribution in [3.8, 4) is 0 Å². The summed E-state index contributed by atoms with van der Waals surface area (Å²) in [6.45, 7) is 1.45. The number of benzene rings is 1. The van der Waals surface area contributed by atoms with E-state index in [0.29, 0.717) is 26.2 Å². The maximum atomic E-state index is 13.6. The van der Waals surface area contributed by atoms with Gasteiger partial charge in [-0.3, -0.25) is 9.69 Å². The molecule has 1 amide bonds. The highest BCUT2D eigenvalue weighted by atomic mass is 35.5. The van der Waals surface area contributed by atoms with Crippen LogP contribution in [0.3, 0.4) is 0 Å². The van der Waals surface area contributed by atoms with Gasteiger partial charge in [-0.25, -0.2) is 13.8 Å². The monoisotopic (exact) mass is 434 g/mol. The van der Waals surface area contributed by atoms with Gasteiger partial charge >= 0.3 is 6.18 Å². The number of carbonyl (C=O) groups is 1. The van der Waals surface area contributed by atoms with Gasteiger partial charge in [0.1, 0.15) is 23.1 Å². The molecule has 1 N–H and O–H groups in total. The molecule has 11 heteroatoms. The average molecular weight is 435 g/mol. The largest absolute Gasteiger partial charge is 0.417 e. The van der Waals surface area contributed by atoms with Crippen molar-refractivity contribution in [3.63, 3.8) is 0 Å². The minimum Gasteiger partial charge on any atom is -0.353 e. The second-order valence-corrected chi connectivity index (χ2v) is 6.84.